The average molecular weight is 454 g/mol. The smallest absolute Gasteiger partial charge is 0.306 e. The molecule has 0 heterocycles. The summed E-state index contributed by atoms with van der Waals surface area (Å²) in [7, 11) is 2.26. The third-order valence-electron chi connectivity index (χ3n) is 6.60. The summed E-state index contributed by atoms with van der Waals surface area (Å²) in [5.74, 6) is 0.0353. The van der Waals surface area contributed by atoms with Gasteiger partial charge in [0.2, 0.25) is 0 Å². The van der Waals surface area contributed by atoms with E-state index >= 15 is 0 Å². The number of ether oxygens (including phenoxy) is 1. The predicted octanol–water partition coefficient (Wildman–Crippen LogP) is 9.08. The second-order valence-corrected chi connectivity index (χ2v) is 10.0. The van der Waals surface area contributed by atoms with Gasteiger partial charge in [0.05, 0.1) is 0 Å². The Hall–Kier alpha value is -0.570. The maximum absolute atomic E-state index is 12.2. The average Bonchev–Trinajstić information content (AvgIpc) is 2.77. The van der Waals surface area contributed by atoms with Crippen molar-refractivity contribution in [3.8, 4) is 0 Å². The lowest BCUT2D eigenvalue weighted by molar-refractivity contribution is -0.150. The van der Waals surface area contributed by atoms with Crippen molar-refractivity contribution in [1.29, 1.82) is 0 Å². The van der Waals surface area contributed by atoms with Gasteiger partial charge in [0, 0.05) is 6.42 Å². The molecule has 192 valence electrons. The van der Waals surface area contributed by atoms with Crippen LogP contribution in [0.2, 0.25) is 0 Å². The molecule has 0 rings (SSSR count). The Morgan fingerprint density at radius 1 is 0.594 bits per heavy atom. The summed E-state index contributed by atoms with van der Waals surface area (Å²) >= 11 is 0. The Kier molecular flexibility index (Phi) is 24.6. The van der Waals surface area contributed by atoms with Crippen LogP contribution < -0.4 is 0 Å². The number of nitrogens with zero attached hydrogens (tertiary/aromatic N) is 1. The Morgan fingerprint density at radius 2 is 1.06 bits per heavy atom. The SMILES string of the molecule is CCCCCCCCC(CCC)OC(=O)CCCCCCCN(C)CCCCCCCC. The number of carbonyl (C=O) groups is 1. The molecule has 3 nitrogen and oxygen atoms in total. The van der Waals surface area contributed by atoms with Crippen LogP contribution in [0, 0.1) is 0 Å². The molecule has 0 amide bonds. The predicted molar refractivity (Wildman–Crippen MR) is 141 cm³/mol. The first-order valence-electron chi connectivity index (χ1n) is 14.5. The first kappa shape index (κ1) is 31.4. The van der Waals surface area contributed by atoms with Gasteiger partial charge in [-0.25, -0.2) is 0 Å². The second kappa shape index (κ2) is 25.1. The third kappa shape index (κ3) is 22.6. The van der Waals surface area contributed by atoms with Crippen LogP contribution in [0.5, 0.6) is 0 Å². The van der Waals surface area contributed by atoms with Crippen molar-refractivity contribution in [3.05, 3.63) is 0 Å². The highest BCUT2D eigenvalue weighted by molar-refractivity contribution is 5.69. The van der Waals surface area contributed by atoms with E-state index in [9.17, 15) is 4.79 Å². The first-order chi connectivity index (χ1) is 15.6. The van der Waals surface area contributed by atoms with Gasteiger partial charge in [-0.15, -0.1) is 0 Å². The molecule has 0 spiro atoms. The molecule has 0 radical (unpaired) electrons. The van der Waals surface area contributed by atoms with E-state index < -0.39 is 0 Å². The van der Waals surface area contributed by atoms with Gasteiger partial charge in [-0.2, -0.15) is 0 Å². The third-order valence-corrected chi connectivity index (χ3v) is 6.60. The summed E-state index contributed by atoms with van der Waals surface area (Å²) in [4.78, 5) is 14.7. The Balaban J connectivity index is 3.60. The van der Waals surface area contributed by atoms with E-state index in [0.29, 0.717) is 6.42 Å². The Bertz CT molecular complexity index is 385. The van der Waals surface area contributed by atoms with Crippen LogP contribution in [-0.4, -0.2) is 37.1 Å². The van der Waals surface area contributed by atoms with Gasteiger partial charge < -0.3 is 9.64 Å². The quantitative estimate of drug-likeness (QED) is 0.102. The zero-order chi connectivity index (χ0) is 23.7. The number of rotatable bonds is 25. The Morgan fingerprint density at radius 3 is 1.59 bits per heavy atom. The van der Waals surface area contributed by atoms with Crippen molar-refractivity contribution in [1.82, 2.24) is 4.90 Å². The van der Waals surface area contributed by atoms with E-state index in [1.165, 1.54) is 109 Å². The molecule has 32 heavy (non-hydrogen) atoms. The molecule has 0 aromatic rings. The molecule has 0 saturated carbocycles. The van der Waals surface area contributed by atoms with Crippen molar-refractivity contribution < 1.29 is 9.53 Å². The van der Waals surface area contributed by atoms with E-state index in [1.54, 1.807) is 0 Å². The van der Waals surface area contributed by atoms with Crippen LogP contribution in [0.25, 0.3) is 0 Å². The zero-order valence-electron chi connectivity index (χ0n) is 22.6. The van der Waals surface area contributed by atoms with Crippen LogP contribution in [-0.2, 0) is 9.53 Å². The minimum absolute atomic E-state index is 0.0353. The highest BCUT2D eigenvalue weighted by Gasteiger charge is 2.13. The lowest BCUT2D eigenvalue weighted by Crippen LogP contribution is -2.20. The minimum atomic E-state index is 0.0353. The van der Waals surface area contributed by atoms with Crippen molar-refractivity contribution in [3.63, 3.8) is 0 Å². The lowest BCUT2D eigenvalue weighted by Gasteiger charge is -2.17. The van der Waals surface area contributed by atoms with Gasteiger partial charge in [0.25, 0.3) is 0 Å². The van der Waals surface area contributed by atoms with E-state index in [2.05, 4.69) is 32.7 Å². The molecule has 0 saturated heterocycles. The number of hydrogen-bond acceptors (Lipinski definition) is 3. The first-order valence-corrected chi connectivity index (χ1v) is 14.5. The highest BCUT2D eigenvalue weighted by Crippen LogP contribution is 2.16. The minimum Gasteiger partial charge on any atom is -0.462 e. The lowest BCUT2D eigenvalue weighted by atomic mass is 10.0. The summed E-state index contributed by atoms with van der Waals surface area (Å²) < 4.78 is 5.80. The number of carbonyl (C=O) groups excluding carboxylic acids is 1. The van der Waals surface area contributed by atoms with E-state index in [4.69, 9.17) is 4.74 Å². The second-order valence-electron chi connectivity index (χ2n) is 10.0. The van der Waals surface area contributed by atoms with Crippen LogP contribution in [0.15, 0.2) is 0 Å². The number of esters is 1. The summed E-state index contributed by atoms with van der Waals surface area (Å²) in [5, 5.41) is 0. The fraction of sp³-hybridized carbons (Fsp3) is 0.966. The van der Waals surface area contributed by atoms with Gasteiger partial charge in [-0.1, -0.05) is 111 Å². The molecule has 0 aliphatic rings. The maximum atomic E-state index is 12.2. The fourth-order valence-corrected chi connectivity index (χ4v) is 4.44. The van der Waals surface area contributed by atoms with Crippen LogP contribution in [0.3, 0.4) is 0 Å². The van der Waals surface area contributed by atoms with Crippen molar-refractivity contribution in [2.24, 2.45) is 0 Å². The standard InChI is InChI=1S/C29H59NO2/c1-5-8-10-12-15-19-24-28(23-7-3)32-29(31)25-20-16-14-18-22-27-30(4)26-21-17-13-11-9-6-2/h28H,5-27H2,1-4H3. The van der Waals surface area contributed by atoms with E-state index in [0.717, 1.165) is 32.1 Å². The molecule has 0 fully saturated rings. The van der Waals surface area contributed by atoms with Crippen molar-refractivity contribution in [2.45, 2.75) is 162 Å². The van der Waals surface area contributed by atoms with E-state index in [1.807, 2.05) is 0 Å². The van der Waals surface area contributed by atoms with Crippen LogP contribution in [0.1, 0.15) is 156 Å². The summed E-state index contributed by atoms with van der Waals surface area (Å²) in [6.45, 7) is 9.19. The summed E-state index contributed by atoms with van der Waals surface area (Å²) in [6.07, 6.45) is 26.0. The molecular weight excluding hydrogens is 394 g/mol. The number of unbranched alkanes of at least 4 members (excludes halogenated alkanes) is 14. The summed E-state index contributed by atoms with van der Waals surface area (Å²) in [5.41, 5.74) is 0. The van der Waals surface area contributed by atoms with Gasteiger partial charge >= 0.3 is 5.97 Å². The van der Waals surface area contributed by atoms with Crippen LogP contribution in [0.4, 0.5) is 0 Å². The largest absolute Gasteiger partial charge is 0.462 e. The van der Waals surface area contributed by atoms with Crippen molar-refractivity contribution in [2.75, 3.05) is 20.1 Å². The summed E-state index contributed by atoms with van der Waals surface area (Å²) in [6, 6.07) is 0. The highest BCUT2D eigenvalue weighted by atomic mass is 16.5. The molecule has 0 aliphatic carbocycles. The normalized spacial score (nSPS) is 12.4. The molecule has 0 N–H and O–H groups in total. The molecule has 0 aromatic heterocycles. The van der Waals surface area contributed by atoms with Crippen molar-refractivity contribution >= 4 is 5.97 Å². The van der Waals surface area contributed by atoms with Crippen LogP contribution >= 0.6 is 0 Å². The number of hydrogen-bond donors (Lipinski definition) is 0. The fourth-order valence-electron chi connectivity index (χ4n) is 4.44. The maximum Gasteiger partial charge on any atom is 0.306 e. The van der Waals surface area contributed by atoms with E-state index in [-0.39, 0.29) is 12.1 Å². The van der Waals surface area contributed by atoms with Gasteiger partial charge in [-0.3, -0.25) is 4.79 Å². The topological polar surface area (TPSA) is 29.5 Å². The zero-order valence-corrected chi connectivity index (χ0v) is 22.6. The van der Waals surface area contributed by atoms with Gasteiger partial charge in [0.15, 0.2) is 0 Å². The molecule has 1 atom stereocenters. The molecule has 3 heteroatoms. The molecule has 0 bridgehead atoms. The van der Waals surface area contributed by atoms with Gasteiger partial charge in [-0.05, 0) is 58.7 Å². The molecule has 0 aromatic carbocycles. The molecule has 0 aliphatic heterocycles. The Labute approximate surface area is 202 Å². The monoisotopic (exact) mass is 453 g/mol. The molecular formula is C29H59NO2. The van der Waals surface area contributed by atoms with Gasteiger partial charge in [0.1, 0.15) is 6.10 Å². The molecule has 1 unspecified atom stereocenters.